The molecule has 3 aliphatic heterocycles. The monoisotopic (exact) mass is 962 g/mol. The SMILES string of the molecule is CC(=O)C1CCC2C3CCC4=CC(=O)CCC4=C3C(c3ccc(N(C)CCCCCCN4CCC(Oc5ccc6nc7c(cc6c5CN(C)C)Cn5c-7cc6c(c5=O)COC(=O)C6O)CC4)cc3)CC12C. The largest absolute Gasteiger partial charge is 0.490 e. The fourth-order valence-electron chi connectivity index (χ4n) is 14.4. The molecule has 2 aromatic carbocycles. The number of allylic oxidation sites excluding steroid dienone is 4. The van der Waals surface area contributed by atoms with Gasteiger partial charge in [-0.15, -0.1) is 0 Å². The van der Waals surface area contributed by atoms with Gasteiger partial charge in [-0.05, 0) is 168 Å². The van der Waals surface area contributed by atoms with Gasteiger partial charge in [-0.25, -0.2) is 9.78 Å². The van der Waals surface area contributed by atoms with E-state index in [4.69, 9.17) is 14.5 Å². The second kappa shape index (κ2) is 19.2. The van der Waals surface area contributed by atoms with Gasteiger partial charge in [-0.1, -0.05) is 37.5 Å². The van der Waals surface area contributed by atoms with Crippen molar-refractivity contribution in [1.82, 2.24) is 19.4 Å². The van der Waals surface area contributed by atoms with E-state index in [1.807, 2.05) is 25.1 Å². The van der Waals surface area contributed by atoms with Crippen molar-refractivity contribution in [2.24, 2.45) is 23.2 Å². The lowest BCUT2D eigenvalue weighted by atomic mass is 9.51. The first-order chi connectivity index (χ1) is 34.2. The Balaban J connectivity index is 0.667. The maximum Gasteiger partial charge on any atom is 0.340 e. The Labute approximate surface area is 418 Å². The highest BCUT2D eigenvalue weighted by Crippen LogP contribution is 2.65. The van der Waals surface area contributed by atoms with Crippen LogP contribution in [-0.4, -0.2) is 95.4 Å². The van der Waals surface area contributed by atoms with Gasteiger partial charge in [0.2, 0.25) is 0 Å². The Morgan fingerprint density at radius 2 is 1.72 bits per heavy atom. The fourth-order valence-corrected chi connectivity index (χ4v) is 14.4. The van der Waals surface area contributed by atoms with E-state index in [1.54, 1.807) is 16.2 Å². The van der Waals surface area contributed by atoms with E-state index in [-0.39, 0.29) is 35.4 Å². The average Bonchev–Trinajstić information content (AvgIpc) is 3.91. The molecule has 4 aliphatic carbocycles. The molecule has 0 amide bonds. The molecule has 2 saturated carbocycles. The summed E-state index contributed by atoms with van der Waals surface area (Å²) in [5.74, 6) is 2.27. The van der Waals surface area contributed by atoms with Crippen LogP contribution >= 0.6 is 0 Å². The number of aromatic nitrogens is 2. The number of likely N-dealkylation sites (tertiary alicyclic amines) is 1. The first kappa shape index (κ1) is 47.9. The third-order valence-electron chi connectivity index (χ3n) is 18.0. The maximum absolute atomic E-state index is 13.5. The zero-order valence-electron chi connectivity index (χ0n) is 42.4. The minimum absolute atomic E-state index is 0.0201. The number of benzene rings is 2. The standard InChI is InChI=1S/C59H71N5O7/c1-35(65)49-18-19-50-43-16-12-37-28-40(66)15-17-42(37)54(43)46(31-59(49,50)2)36-10-13-39(14-11-36)62(5)24-8-6-7-9-25-63-26-22-41(23-27-63)71-53-21-20-51-44(47(53)33-61(3)4)29-38-32-64-52(55(38)60-51)30-45-48(57(64)68)34-70-58(69)56(45)67/h10-11,13-14,20-21,28-30,41,43,46,49-50,56,67H,6-9,12,15-19,22-27,31-34H2,1-5H3. The van der Waals surface area contributed by atoms with Gasteiger partial charge in [0.1, 0.15) is 24.2 Å². The molecule has 0 bridgehead atoms. The van der Waals surface area contributed by atoms with E-state index in [0.29, 0.717) is 65.6 Å². The van der Waals surface area contributed by atoms with Crippen LogP contribution in [-0.2, 0) is 38.8 Å². The maximum atomic E-state index is 13.5. The van der Waals surface area contributed by atoms with E-state index in [9.17, 15) is 24.3 Å². The van der Waals surface area contributed by atoms with Gasteiger partial charge in [0.15, 0.2) is 11.9 Å². The summed E-state index contributed by atoms with van der Waals surface area (Å²) in [6.45, 7) is 9.31. The number of ether oxygens (including phenoxy) is 2. The predicted molar refractivity (Wildman–Crippen MR) is 275 cm³/mol. The van der Waals surface area contributed by atoms with Crippen molar-refractivity contribution in [3.8, 4) is 17.1 Å². The Morgan fingerprint density at radius 3 is 2.49 bits per heavy atom. The number of anilines is 1. The number of esters is 1. The molecule has 4 aromatic rings. The highest BCUT2D eigenvalue weighted by molar-refractivity contribution is 5.93. The number of nitrogens with zero attached hydrogens (tertiary/aromatic N) is 5. The number of aliphatic hydroxyl groups is 1. The summed E-state index contributed by atoms with van der Waals surface area (Å²) in [6.07, 6.45) is 14.1. The Hall–Kier alpha value is -5.43. The Kier molecular flexibility index (Phi) is 12.9. The molecule has 71 heavy (non-hydrogen) atoms. The molecular weight excluding hydrogens is 891 g/mol. The molecule has 12 nitrogen and oxygen atoms in total. The minimum Gasteiger partial charge on any atom is -0.490 e. The number of aliphatic hydroxyl groups excluding tert-OH is 1. The summed E-state index contributed by atoms with van der Waals surface area (Å²) in [5, 5.41) is 11.5. The third-order valence-corrected chi connectivity index (χ3v) is 18.0. The molecule has 3 fully saturated rings. The molecule has 5 heterocycles. The summed E-state index contributed by atoms with van der Waals surface area (Å²) in [5.41, 5.74) is 11.5. The quantitative estimate of drug-likeness (QED) is 0.0844. The van der Waals surface area contributed by atoms with Crippen molar-refractivity contribution in [2.45, 2.75) is 135 Å². The number of rotatable bonds is 14. The van der Waals surface area contributed by atoms with E-state index >= 15 is 0 Å². The number of hydrogen-bond donors (Lipinski definition) is 1. The summed E-state index contributed by atoms with van der Waals surface area (Å²) in [7, 11) is 6.33. The smallest absolute Gasteiger partial charge is 0.340 e. The number of carbonyl (C=O) groups is 3. The van der Waals surface area contributed by atoms with Gasteiger partial charge in [0.25, 0.3) is 5.56 Å². The van der Waals surface area contributed by atoms with Crippen LogP contribution in [0.2, 0.25) is 0 Å². The number of piperidine rings is 1. The van der Waals surface area contributed by atoms with E-state index in [0.717, 1.165) is 112 Å². The third kappa shape index (κ3) is 8.79. The Morgan fingerprint density at radius 1 is 0.930 bits per heavy atom. The summed E-state index contributed by atoms with van der Waals surface area (Å²) in [4.78, 5) is 63.4. The number of unbranched alkanes of at least 4 members (excludes halogenated alkanes) is 3. The molecule has 11 rings (SSSR count). The van der Waals surface area contributed by atoms with E-state index < -0.39 is 12.1 Å². The van der Waals surface area contributed by atoms with Crippen LogP contribution in [0, 0.1) is 23.2 Å². The fraction of sp³-hybridized carbons (Fsp3) is 0.542. The van der Waals surface area contributed by atoms with Gasteiger partial charge >= 0.3 is 5.97 Å². The second-order valence-corrected chi connectivity index (χ2v) is 22.6. The lowest BCUT2D eigenvalue weighted by Crippen LogP contribution is -2.44. The number of fused-ring (bicyclic) bond motifs is 9. The summed E-state index contributed by atoms with van der Waals surface area (Å²) >= 11 is 0. The molecule has 2 aromatic heterocycles. The van der Waals surface area contributed by atoms with Crippen LogP contribution in [0.3, 0.4) is 0 Å². The molecular formula is C59H71N5O7. The predicted octanol–water partition coefficient (Wildman–Crippen LogP) is 9.22. The van der Waals surface area contributed by atoms with E-state index in [1.165, 1.54) is 41.7 Å². The molecule has 1 saturated heterocycles. The first-order valence-electron chi connectivity index (χ1n) is 26.6. The van der Waals surface area contributed by atoms with Crippen molar-refractivity contribution in [3.05, 3.63) is 109 Å². The number of hydrogen-bond acceptors (Lipinski definition) is 11. The average molecular weight is 962 g/mol. The van der Waals surface area contributed by atoms with Gasteiger partial charge in [0.05, 0.1) is 29.0 Å². The highest BCUT2D eigenvalue weighted by atomic mass is 16.5. The number of cyclic esters (lactones) is 1. The molecule has 6 unspecified atom stereocenters. The topological polar surface area (TPSA) is 135 Å². The normalized spacial score (nSPS) is 26.1. The lowest BCUT2D eigenvalue weighted by Gasteiger charge is -2.52. The molecule has 6 atom stereocenters. The van der Waals surface area contributed by atoms with Crippen LogP contribution < -0.4 is 15.2 Å². The lowest BCUT2D eigenvalue weighted by molar-refractivity contribution is -0.157. The molecule has 7 aliphatic rings. The molecule has 1 N–H and O–H groups in total. The minimum atomic E-state index is -1.48. The second-order valence-electron chi connectivity index (χ2n) is 22.6. The molecule has 0 radical (unpaired) electrons. The number of Topliss-reactive ketones (excluding diaryl/α,β-unsaturated/α-hetero) is 1. The zero-order chi connectivity index (χ0) is 49.3. The van der Waals surface area contributed by atoms with Gasteiger partial charge in [-0.3, -0.25) is 14.4 Å². The van der Waals surface area contributed by atoms with Crippen molar-refractivity contribution >= 4 is 34.1 Å². The van der Waals surface area contributed by atoms with Crippen LogP contribution in [0.25, 0.3) is 22.3 Å². The van der Waals surface area contributed by atoms with Gasteiger partial charge in [-0.2, -0.15) is 0 Å². The summed E-state index contributed by atoms with van der Waals surface area (Å²) < 4.78 is 13.6. The van der Waals surface area contributed by atoms with Crippen LogP contribution in [0.1, 0.15) is 137 Å². The summed E-state index contributed by atoms with van der Waals surface area (Å²) in [6, 6.07) is 17.3. The van der Waals surface area contributed by atoms with Crippen molar-refractivity contribution in [1.29, 1.82) is 0 Å². The molecule has 12 heteroatoms. The Bertz CT molecular complexity index is 2910. The van der Waals surface area contributed by atoms with Crippen LogP contribution in [0.15, 0.2) is 76.1 Å². The molecule has 374 valence electrons. The van der Waals surface area contributed by atoms with Crippen molar-refractivity contribution in [2.75, 3.05) is 52.2 Å². The van der Waals surface area contributed by atoms with Crippen molar-refractivity contribution in [3.63, 3.8) is 0 Å². The van der Waals surface area contributed by atoms with Gasteiger partial charge in [0, 0.05) is 79.2 Å². The highest BCUT2D eigenvalue weighted by Gasteiger charge is 2.57. The van der Waals surface area contributed by atoms with Crippen molar-refractivity contribution < 1.29 is 29.0 Å². The van der Waals surface area contributed by atoms with Crippen LogP contribution in [0.5, 0.6) is 5.75 Å². The number of ketones is 2. The van der Waals surface area contributed by atoms with E-state index in [2.05, 4.69) is 73.1 Å². The van der Waals surface area contributed by atoms with Crippen LogP contribution in [0.4, 0.5) is 5.69 Å². The van der Waals surface area contributed by atoms with Gasteiger partial charge < -0.3 is 33.8 Å². The molecule has 0 spiro atoms. The first-order valence-corrected chi connectivity index (χ1v) is 26.6. The zero-order valence-corrected chi connectivity index (χ0v) is 42.4. The number of carbonyl (C=O) groups excluding carboxylic acids is 3. The number of pyridine rings is 2.